The summed E-state index contributed by atoms with van der Waals surface area (Å²) in [6.45, 7) is 2.78. The van der Waals surface area contributed by atoms with Crippen LogP contribution in [0.3, 0.4) is 0 Å². The lowest BCUT2D eigenvalue weighted by Crippen LogP contribution is -2.34. The highest BCUT2D eigenvalue weighted by Gasteiger charge is 2.10. The molecular weight excluding hydrogens is 364 g/mol. The van der Waals surface area contributed by atoms with Crippen molar-refractivity contribution in [3.05, 3.63) is 69.2 Å². The standard InChI is InChI=1S/C17H18BrClN2O/c1-12(15-7-2-3-8-16(15)18)20-11-17(22)21-10-13-5-4-6-14(19)9-13/h2-9,12,20H,10-11H2,1H3,(H,21,22)/t12-/m1/s1. The Kier molecular flexibility index (Phi) is 6.43. The molecule has 0 saturated carbocycles. The summed E-state index contributed by atoms with van der Waals surface area (Å²) in [4.78, 5) is 11.9. The molecule has 2 rings (SSSR count). The van der Waals surface area contributed by atoms with Crippen LogP contribution >= 0.6 is 27.5 Å². The van der Waals surface area contributed by atoms with E-state index < -0.39 is 0 Å². The summed E-state index contributed by atoms with van der Waals surface area (Å²) < 4.78 is 1.04. The molecule has 2 aromatic carbocycles. The van der Waals surface area contributed by atoms with Crippen molar-refractivity contribution in [2.75, 3.05) is 6.54 Å². The van der Waals surface area contributed by atoms with E-state index >= 15 is 0 Å². The predicted octanol–water partition coefficient (Wildman–Crippen LogP) is 4.07. The van der Waals surface area contributed by atoms with Crippen molar-refractivity contribution in [2.24, 2.45) is 0 Å². The van der Waals surface area contributed by atoms with Crippen molar-refractivity contribution in [1.82, 2.24) is 10.6 Å². The highest BCUT2D eigenvalue weighted by atomic mass is 79.9. The Morgan fingerprint density at radius 1 is 1.23 bits per heavy atom. The van der Waals surface area contributed by atoms with Gasteiger partial charge in [0, 0.05) is 22.1 Å². The third-order valence-corrected chi connectivity index (χ3v) is 4.28. The zero-order chi connectivity index (χ0) is 15.9. The molecule has 2 N–H and O–H groups in total. The van der Waals surface area contributed by atoms with Gasteiger partial charge in [0.05, 0.1) is 6.54 Å². The van der Waals surface area contributed by atoms with Crippen LogP contribution in [0.25, 0.3) is 0 Å². The lowest BCUT2D eigenvalue weighted by atomic mass is 10.1. The first-order valence-electron chi connectivity index (χ1n) is 7.05. The van der Waals surface area contributed by atoms with Crippen LogP contribution in [0.5, 0.6) is 0 Å². The first kappa shape index (κ1) is 17.0. The summed E-state index contributed by atoms with van der Waals surface area (Å²) in [6.07, 6.45) is 0. The fraction of sp³-hybridized carbons (Fsp3) is 0.235. The average molecular weight is 382 g/mol. The molecule has 5 heteroatoms. The van der Waals surface area contributed by atoms with Gasteiger partial charge in [-0.3, -0.25) is 4.79 Å². The summed E-state index contributed by atoms with van der Waals surface area (Å²) >= 11 is 9.43. The minimum Gasteiger partial charge on any atom is -0.351 e. The Morgan fingerprint density at radius 3 is 2.73 bits per heavy atom. The van der Waals surface area contributed by atoms with E-state index in [-0.39, 0.29) is 18.5 Å². The highest BCUT2D eigenvalue weighted by Crippen LogP contribution is 2.22. The van der Waals surface area contributed by atoms with Crippen molar-refractivity contribution in [2.45, 2.75) is 19.5 Å². The van der Waals surface area contributed by atoms with Gasteiger partial charge < -0.3 is 10.6 Å². The van der Waals surface area contributed by atoms with Gasteiger partial charge in [-0.1, -0.05) is 57.9 Å². The maximum atomic E-state index is 11.9. The van der Waals surface area contributed by atoms with E-state index in [1.807, 2.05) is 55.5 Å². The Bertz CT molecular complexity index is 648. The molecule has 3 nitrogen and oxygen atoms in total. The number of nitrogens with one attached hydrogen (secondary N) is 2. The fourth-order valence-corrected chi connectivity index (χ4v) is 2.93. The lowest BCUT2D eigenvalue weighted by molar-refractivity contribution is -0.120. The molecule has 0 radical (unpaired) electrons. The van der Waals surface area contributed by atoms with Gasteiger partial charge in [-0.05, 0) is 36.2 Å². The zero-order valence-electron chi connectivity index (χ0n) is 12.3. The molecule has 0 saturated heterocycles. The second kappa shape index (κ2) is 8.32. The summed E-state index contributed by atoms with van der Waals surface area (Å²) in [6, 6.07) is 15.5. The molecule has 0 aliphatic heterocycles. The van der Waals surface area contributed by atoms with E-state index in [9.17, 15) is 4.79 Å². The first-order valence-corrected chi connectivity index (χ1v) is 8.22. The van der Waals surface area contributed by atoms with E-state index in [1.165, 1.54) is 0 Å². The molecule has 2 aromatic rings. The van der Waals surface area contributed by atoms with Gasteiger partial charge in [0.1, 0.15) is 0 Å². The second-order valence-electron chi connectivity index (χ2n) is 5.03. The molecule has 0 aliphatic rings. The molecule has 0 spiro atoms. The largest absolute Gasteiger partial charge is 0.351 e. The predicted molar refractivity (Wildman–Crippen MR) is 93.9 cm³/mol. The average Bonchev–Trinajstić information content (AvgIpc) is 2.51. The molecule has 0 heterocycles. The number of carbonyl (C=O) groups excluding carboxylic acids is 1. The molecule has 1 amide bonds. The maximum Gasteiger partial charge on any atom is 0.234 e. The van der Waals surface area contributed by atoms with Crippen LogP contribution in [-0.2, 0) is 11.3 Å². The minimum atomic E-state index is -0.0427. The van der Waals surface area contributed by atoms with Gasteiger partial charge in [-0.15, -0.1) is 0 Å². The number of amides is 1. The van der Waals surface area contributed by atoms with E-state index in [1.54, 1.807) is 0 Å². The molecule has 22 heavy (non-hydrogen) atoms. The Morgan fingerprint density at radius 2 is 2.00 bits per heavy atom. The third-order valence-electron chi connectivity index (χ3n) is 3.32. The number of carbonyl (C=O) groups is 1. The van der Waals surface area contributed by atoms with Crippen LogP contribution in [-0.4, -0.2) is 12.5 Å². The quantitative estimate of drug-likeness (QED) is 0.792. The summed E-state index contributed by atoms with van der Waals surface area (Å²) in [5, 5.41) is 6.77. The van der Waals surface area contributed by atoms with Crippen LogP contribution in [0.4, 0.5) is 0 Å². The maximum absolute atomic E-state index is 11.9. The molecule has 0 aliphatic carbocycles. The van der Waals surface area contributed by atoms with E-state index in [0.717, 1.165) is 15.6 Å². The first-order chi connectivity index (χ1) is 10.6. The van der Waals surface area contributed by atoms with E-state index in [2.05, 4.69) is 26.6 Å². The zero-order valence-corrected chi connectivity index (χ0v) is 14.6. The van der Waals surface area contributed by atoms with Crippen LogP contribution in [0, 0.1) is 0 Å². The summed E-state index contributed by atoms with van der Waals surface area (Å²) in [5.74, 6) is -0.0427. The highest BCUT2D eigenvalue weighted by molar-refractivity contribution is 9.10. The molecule has 0 fully saturated rings. The number of halogens is 2. The van der Waals surface area contributed by atoms with Crippen molar-refractivity contribution >= 4 is 33.4 Å². The van der Waals surface area contributed by atoms with E-state index in [0.29, 0.717) is 11.6 Å². The van der Waals surface area contributed by atoms with E-state index in [4.69, 9.17) is 11.6 Å². The van der Waals surface area contributed by atoms with Crippen molar-refractivity contribution in [1.29, 1.82) is 0 Å². The Balaban J connectivity index is 1.79. The SMILES string of the molecule is C[C@@H](NCC(=O)NCc1cccc(Cl)c1)c1ccccc1Br. The Labute approximate surface area is 144 Å². The Hall–Kier alpha value is -1.36. The summed E-state index contributed by atoms with van der Waals surface area (Å²) in [7, 11) is 0. The van der Waals surface area contributed by atoms with Crippen molar-refractivity contribution in [3.63, 3.8) is 0 Å². The minimum absolute atomic E-state index is 0.0427. The van der Waals surface area contributed by atoms with Gasteiger partial charge in [0.25, 0.3) is 0 Å². The van der Waals surface area contributed by atoms with Gasteiger partial charge >= 0.3 is 0 Å². The third kappa shape index (κ3) is 5.13. The van der Waals surface area contributed by atoms with Gasteiger partial charge in [-0.2, -0.15) is 0 Å². The van der Waals surface area contributed by atoms with Gasteiger partial charge in [0.2, 0.25) is 5.91 Å². The number of hydrogen-bond acceptors (Lipinski definition) is 2. The fourth-order valence-electron chi connectivity index (χ4n) is 2.09. The number of hydrogen-bond donors (Lipinski definition) is 2. The van der Waals surface area contributed by atoms with Gasteiger partial charge in [0.15, 0.2) is 0 Å². The molecule has 116 valence electrons. The number of rotatable bonds is 6. The molecule has 1 atom stereocenters. The van der Waals surface area contributed by atoms with Crippen LogP contribution in [0.15, 0.2) is 53.0 Å². The smallest absolute Gasteiger partial charge is 0.234 e. The van der Waals surface area contributed by atoms with Crippen LogP contribution in [0.2, 0.25) is 5.02 Å². The van der Waals surface area contributed by atoms with Crippen molar-refractivity contribution < 1.29 is 4.79 Å². The van der Waals surface area contributed by atoms with Gasteiger partial charge in [-0.25, -0.2) is 0 Å². The lowest BCUT2D eigenvalue weighted by Gasteiger charge is -2.15. The normalized spacial score (nSPS) is 12.0. The topological polar surface area (TPSA) is 41.1 Å². The summed E-state index contributed by atoms with van der Waals surface area (Å²) in [5.41, 5.74) is 2.12. The van der Waals surface area contributed by atoms with Crippen LogP contribution in [0.1, 0.15) is 24.1 Å². The van der Waals surface area contributed by atoms with Crippen LogP contribution < -0.4 is 10.6 Å². The number of benzene rings is 2. The molecule has 0 bridgehead atoms. The molecule has 0 unspecified atom stereocenters. The molecular formula is C17H18BrClN2O. The second-order valence-corrected chi connectivity index (χ2v) is 6.32. The monoisotopic (exact) mass is 380 g/mol. The molecule has 0 aromatic heterocycles. The van der Waals surface area contributed by atoms with Crippen molar-refractivity contribution in [3.8, 4) is 0 Å².